The van der Waals surface area contributed by atoms with E-state index < -0.39 is 193 Å². The van der Waals surface area contributed by atoms with Crippen molar-refractivity contribution in [3.05, 3.63) is 142 Å². The number of nitrogens with zero attached hydrogens (tertiary/aromatic N) is 5. The third kappa shape index (κ3) is 31.0. The Kier molecular flexibility index (Phi) is 38.9. The number of ether oxygens (including phenoxy) is 6. The first-order valence-corrected chi connectivity index (χ1v) is 60.9. The zero-order valence-corrected chi connectivity index (χ0v) is 83.0. The Morgan fingerprint density at radius 3 is 1.14 bits per heavy atom. The molecule has 726 valence electrons. The smallest absolute Gasteiger partial charge is 0.328 e. The van der Waals surface area contributed by atoms with Crippen molar-refractivity contribution in [3.63, 3.8) is 0 Å². The van der Waals surface area contributed by atoms with Crippen molar-refractivity contribution in [1.82, 2.24) is 56.3 Å². The van der Waals surface area contributed by atoms with Gasteiger partial charge in [0, 0.05) is 91.4 Å². The second kappa shape index (κ2) is 45.6. The van der Waals surface area contributed by atoms with E-state index in [0.29, 0.717) is 83.0 Å². The predicted octanol–water partition coefficient (Wildman–Crippen LogP) is 1.49. The summed E-state index contributed by atoms with van der Waals surface area (Å²) in [6.45, 7) is 37.0. The maximum Gasteiger partial charge on any atom is 0.328 e. The minimum absolute atomic E-state index is 0.139. The number of hydrazone groups is 1. The Hall–Kier alpha value is -5.94. The average molecular weight is 1950 g/mol. The van der Waals surface area contributed by atoms with Gasteiger partial charge < -0.3 is 136 Å². The van der Waals surface area contributed by atoms with Crippen LogP contribution in [0.4, 0.5) is 14.4 Å². The fourth-order valence-electron chi connectivity index (χ4n) is 15.1. The Bertz CT molecular complexity index is 4710. The Morgan fingerprint density at radius 2 is 0.767 bits per heavy atom. The van der Waals surface area contributed by atoms with Crippen LogP contribution in [0.15, 0.2) is 130 Å². The number of aliphatic hydroxyl groups is 12. The molecule has 0 aromatic carbocycles. The lowest BCUT2D eigenvalue weighted by Gasteiger charge is -2.30. The van der Waals surface area contributed by atoms with Gasteiger partial charge in [0.05, 0.1) is 48.3 Å². The summed E-state index contributed by atoms with van der Waals surface area (Å²) >= 11 is 5.05. The summed E-state index contributed by atoms with van der Waals surface area (Å²) in [6.07, 6.45) is 25.4. The van der Waals surface area contributed by atoms with Crippen LogP contribution in [0.2, 0.25) is 0 Å². The van der Waals surface area contributed by atoms with Gasteiger partial charge in [-0.2, -0.15) is 5.10 Å². The molecule has 6 saturated heterocycles. The van der Waals surface area contributed by atoms with Crippen molar-refractivity contribution in [3.8, 4) is 0 Å². The fourth-order valence-corrected chi connectivity index (χ4v) is 21.1. The maximum atomic E-state index is 12.1. The zero-order chi connectivity index (χ0) is 97.3. The van der Waals surface area contributed by atoms with Gasteiger partial charge in [-0.25, -0.2) is 24.2 Å². The molecule has 0 spiro atoms. The van der Waals surface area contributed by atoms with Gasteiger partial charge >= 0.3 is 23.8 Å². The van der Waals surface area contributed by atoms with Crippen LogP contribution in [-0.2, 0) is 40.3 Å². The number of nitrogens with one attached hydrogen (secondary N) is 7. The molecule has 43 heteroatoms. The van der Waals surface area contributed by atoms with Crippen molar-refractivity contribution in [1.29, 1.82) is 0 Å². The normalized spacial score (nSPS) is 33.1. The lowest BCUT2D eigenvalue weighted by atomic mass is 9.91. The molecule has 0 bridgehead atoms. The van der Waals surface area contributed by atoms with Crippen LogP contribution in [0.5, 0.6) is 0 Å². The van der Waals surface area contributed by atoms with E-state index >= 15 is 0 Å². The topological polar surface area (TPSA) is 516 Å². The summed E-state index contributed by atoms with van der Waals surface area (Å²) in [5, 5.41) is 143. The number of aromatic nitrogens is 2. The number of hydrogen-bond donors (Lipinski definition) is 19. The lowest BCUT2D eigenvalue weighted by Crippen LogP contribution is -2.47. The molecule has 0 saturated carbocycles. The second-order valence-electron chi connectivity index (χ2n) is 38.4. The van der Waals surface area contributed by atoms with E-state index in [1.54, 1.807) is 32.6 Å². The van der Waals surface area contributed by atoms with Crippen LogP contribution in [0, 0.1) is 5.92 Å². The van der Waals surface area contributed by atoms with E-state index in [-0.39, 0.29) is 47.4 Å². The molecule has 11 aliphatic heterocycles. The van der Waals surface area contributed by atoms with Crippen molar-refractivity contribution in [2.45, 2.75) is 185 Å². The Labute approximate surface area is 763 Å². The number of hydrogen-bond acceptors (Lipinski definition) is 27. The molecule has 1 aromatic heterocycles. The number of amides is 7. The number of carbonyl (C=O) groups excluding carboxylic acids is 4. The molecule has 7 amide bonds. The number of thiocarbonyl (C=S) groups is 1. The Balaban J connectivity index is 0.000000212. The maximum absolute atomic E-state index is 12.1. The van der Waals surface area contributed by atoms with Gasteiger partial charge in [0.25, 0.3) is 11.5 Å². The number of carbonyl (C=O) groups is 4. The average Bonchev–Trinajstić information content (AvgIpc) is 1.67. The third-order valence-electron chi connectivity index (χ3n) is 22.8. The van der Waals surface area contributed by atoms with Crippen LogP contribution >= 0.6 is 53.5 Å². The quantitative estimate of drug-likeness (QED) is 0.0515. The molecule has 12 rings (SSSR count). The van der Waals surface area contributed by atoms with Crippen molar-refractivity contribution in [2.75, 3.05) is 131 Å². The number of rotatable bonds is 24. The molecule has 6 fully saturated rings. The molecule has 1 aromatic rings. The molecular weight excluding hydrogens is 1800 g/mol. The minimum atomic E-state index is -1.27. The molecule has 36 nitrogen and oxygen atoms in total. The highest BCUT2D eigenvalue weighted by Gasteiger charge is 2.52. The number of aromatic amines is 1. The molecule has 25 atom stereocenters. The van der Waals surface area contributed by atoms with Gasteiger partial charge in [0.2, 0.25) is 0 Å². The fraction of sp³-hybridized carbons (Fsp3) is 0.605. The van der Waals surface area contributed by atoms with E-state index in [0.717, 1.165) is 47.8 Å². The summed E-state index contributed by atoms with van der Waals surface area (Å²) in [5.41, 5.74) is 2.64. The summed E-state index contributed by atoms with van der Waals surface area (Å²) in [5.74, 6) is -0.359. The molecule has 0 aliphatic carbocycles. The van der Waals surface area contributed by atoms with Gasteiger partial charge in [-0.3, -0.25) is 14.2 Å². The molecule has 11 aliphatic rings. The summed E-state index contributed by atoms with van der Waals surface area (Å²) in [7, 11) is 4.55. The standard InChI is InChI=1S/2C15H25N2O4P.C15H24NO3PS.C14H23N2O5P.C14H23N2O4P.C13H22N3O4P/c2*1-9-10(8-17(2)15(20)16-9)14-13(19)12(18)11(21-14)6-7-22(3,4)5;1-9-10(5-6-12(21)16-9)15-14(18)13(17)11(19-15)7-8-20(2,3)4;1-16-13(19)8(7-15-14(16)20)12-11(18)10(17)9(21-12)5-6-22(2,3)4;1-8-9(7-15-14(19)16-8)13-12(18)11(17)10(20-13)5-6-21(2,3)4;1-8-15-10(17)7-14-16(8)13-12(19)11(18)9(20-13)5-6-21(2,3)4/h2*8,11-14,18-19H,1,3,6-7H2,2,4-5H3,(H,16,20);5-6,10-11,13-15,17-18H,1-2,7-8H2,3-4H3,(H,16,21);7,9-12,17-18H,2,5-6H2,1,3-4H3,(H,15,20);7,10-13,17-18H,1-2,5-6H2,3-4H3,(H2,15,16,19);7,9,11-13,18-19H,1-2,5-6H2,3-4H3,(H,15,17)/t2*11-,12-,13-,14+;10?,11-,13-,14-,15+;9-,10-,11-,12+;10-,11-,12-,13+;9-,11-,12-,13-/m111111/s1. The van der Waals surface area contributed by atoms with Gasteiger partial charge in [0.15, 0.2) is 6.23 Å². The third-order valence-corrected chi connectivity index (χ3v) is 31.9. The molecule has 129 heavy (non-hydrogen) atoms. The largest absolute Gasteiger partial charge is 0.388 e. The highest BCUT2D eigenvalue weighted by molar-refractivity contribution is 7.80. The van der Waals surface area contributed by atoms with E-state index in [9.17, 15) is 90.0 Å². The van der Waals surface area contributed by atoms with Gasteiger partial charge in [-0.15, -0.1) is 79.1 Å². The van der Waals surface area contributed by atoms with Gasteiger partial charge in [-0.05, 0) is 162 Å². The van der Waals surface area contributed by atoms with Crippen LogP contribution in [0.3, 0.4) is 0 Å². The Morgan fingerprint density at radius 1 is 0.426 bits per heavy atom. The predicted molar refractivity (Wildman–Crippen MR) is 529 cm³/mol. The minimum Gasteiger partial charge on any atom is -0.388 e. The number of aliphatic hydroxyl groups excluding tert-OH is 12. The van der Waals surface area contributed by atoms with Crippen LogP contribution in [0.25, 0.3) is 0 Å². The summed E-state index contributed by atoms with van der Waals surface area (Å²) < 4.78 is 35.8. The van der Waals surface area contributed by atoms with Crippen molar-refractivity contribution < 1.29 is 109 Å². The summed E-state index contributed by atoms with van der Waals surface area (Å²) in [6, 6.07) is -0.958. The number of H-pyrrole nitrogens is 1. The van der Waals surface area contributed by atoms with Crippen LogP contribution < -0.4 is 43.1 Å². The van der Waals surface area contributed by atoms with Crippen molar-refractivity contribution in [2.24, 2.45) is 18.1 Å². The lowest BCUT2D eigenvalue weighted by molar-refractivity contribution is -0.117. The second-order valence-corrected chi connectivity index (χ2v) is 64.7. The van der Waals surface area contributed by atoms with Gasteiger partial charge in [-0.1, -0.05) is 51.2 Å². The molecule has 0 radical (unpaired) electrons. The molecule has 19 N–H and O–H groups in total. The highest BCUT2D eigenvalue weighted by Crippen LogP contribution is 2.46. The molecule has 1 unspecified atom stereocenters. The first-order chi connectivity index (χ1) is 59.4. The first kappa shape index (κ1) is 110. The number of urea groups is 3. The van der Waals surface area contributed by atoms with E-state index in [4.69, 9.17) is 40.6 Å². The molecular formula is C86H142N12O24P6S. The van der Waals surface area contributed by atoms with E-state index in [1.165, 1.54) is 34.3 Å². The summed E-state index contributed by atoms with van der Waals surface area (Å²) in [4.78, 5) is 74.7. The van der Waals surface area contributed by atoms with Crippen molar-refractivity contribution >= 4 is 127 Å². The highest BCUT2D eigenvalue weighted by atomic mass is 32.1. The zero-order valence-electron chi connectivity index (χ0n) is 76.8. The van der Waals surface area contributed by atoms with E-state index in [1.807, 2.05) is 6.08 Å². The van der Waals surface area contributed by atoms with E-state index in [2.05, 4.69) is 193 Å². The van der Waals surface area contributed by atoms with Crippen LogP contribution in [0.1, 0.15) is 50.2 Å². The SMILES string of the molecule is C=C1NC(=O)C=NN1[C@@H]1O[C@H](CCP(=C)(C)C)[C@@H](O)[C@H]1O.C=C1NC(=O)N(C)C=C1[C@@H]1O[C@H](CCP(=C)(C)C)[C@@H](O)[C@H]1O.C=C1NC(=O)N(C)C=C1[C@@H]1O[C@H](CCP(=C)(C)C)[C@@H](O)[C@H]1O.C=C1NC(=O)NC=C1[C@@H]1O[C@H](CCP(=C)(C)C)[C@@H](O)[C@H]1O.C=C1NC(=S)C=CC1[C@@H]1O[C@H](CCP(=C)(C)C)[C@@H](O)[C@H]1O.C=P(C)(C)CC[C@H]1O[C@@H](c2c[nH]c(=O)n(C)c2=O)[C@H](O)[C@@H]1O. The van der Waals surface area contributed by atoms with Crippen LogP contribution in [-0.4, -0.2) is 430 Å². The van der Waals surface area contributed by atoms with Gasteiger partial charge in [0.1, 0.15) is 115 Å². The molecule has 12 heterocycles. The monoisotopic (exact) mass is 1940 g/mol. The first-order valence-electron chi connectivity index (χ1n) is 42.2.